The van der Waals surface area contributed by atoms with E-state index in [9.17, 15) is 27.1 Å². The number of carbonyl (C=O) groups is 1. The number of nitrogens with zero attached hydrogens (tertiary/aromatic N) is 1. The molecule has 176 valence electrons. The largest absolute Gasteiger partial charge is 0.380 e. The van der Waals surface area contributed by atoms with Gasteiger partial charge in [0.2, 0.25) is 10.0 Å². The third kappa shape index (κ3) is 4.15. The minimum Gasteiger partial charge on any atom is -0.380 e. The number of amides is 1. The lowest BCUT2D eigenvalue weighted by molar-refractivity contribution is -0.144. The summed E-state index contributed by atoms with van der Waals surface area (Å²) in [6, 6.07) is 5.68. The van der Waals surface area contributed by atoms with Crippen LogP contribution in [0.15, 0.2) is 36.4 Å². The minimum absolute atomic E-state index is 0.000349. The molecule has 0 spiro atoms. The number of hydrogen-bond acceptors (Lipinski definition) is 4. The Bertz CT molecular complexity index is 1230. The van der Waals surface area contributed by atoms with Crippen LogP contribution in [0.1, 0.15) is 24.8 Å². The van der Waals surface area contributed by atoms with Gasteiger partial charge in [-0.1, -0.05) is 18.2 Å². The first-order chi connectivity index (χ1) is 15.5. The standard InChI is InChI=1S/C23H23F3N2O4S/c1-33(31,32)27-21-17-11-18(17)28(22(29)23(30)5-6-23)19(21)9-12-3-2-4-16(20(12)26)13-7-14(24)10-15(25)8-13/h2-4,7-8,10,17-19,21,27,30H,5-6,9,11H2,1H3/t17-,18+,19+,21+/m0/s1. The molecule has 10 heteroatoms. The molecule has 6 nitrogen and oxygen atoms in total. The van der Waals surface area contributed by atoms with Gasteiger partial charge in [0, 0.05) is 23.7 Å². The molecule has 1 heterocycles. The van der Waals surface area contributed by atoms with Gasteiger partial charge in [-0.05, 0) is 54.9 Å². The molecule has 1 amide bonds. The van der Waals surface area contributed by atoms with Gasteiger partial charge >= 0.3 is 0 Å². The second kappa shape index (κ2) is 7.54. The summed E-state index contributed by atoms with van der Waals surface area (Å²) in [4.78, 5) is 14.6. The molecule has 0 unspecified atom stereocenters. The van der Waals surface area contributed by atoms with E-state index in [-0.39, 0.29) is 35.1 Å². The maximum Gasteiger partial charge on any atom is 0.255 e. The summed E-state index contributed by atoms with van der Waals surface area (Å²) in [5, 5.41) is 10.4. The summed E-state index contributed by atoms with van der Waals surface area (Å²) in [6.45, 7) is 0. The highest BCUT2D eigenvalue weighted by Gasteiger charge is 2.64. The summed E-state index contributed by atoms with van der Waals surface area (Å²) in [5.41, 5.74) is -1.22. The number of likely N-dealkylation sites (tertiary alicyclic amines) is 1. The molecule has 5 rings (SSSR count). The molecule has 4 atom stereocenters. The number of carbonyl (C=O) groups excluding carboxylic acids is 1. The van der Waals surface area contributed by atoms with E-state index >= 15 is 4.39 Å². The molecule has 1 aliphatic heterocycles. The smallest absolute Gasteiger partial charge is 0.255 e. The summed E-state index contributed by atoms with van der Waals surface area (Å²) in [5.74, 6) is -2.94. The fourth-order valence-corrected chi connectivity index (χ4v) is 5.84. The van der Waals surface area contributed by atoms with Crippen LogP contribution < -0.4 is 4.72 Å². The third-order valence-electron chi connectivity index (χ3n) is 6.78. The van der Waals surface area contributed by atoms with E-state index in [2.05, 4.69) is 4.72 Å². The number of nitrogens with one attached hydrogen (secondary N) is 1. The topological polar surface area (TPSA) is 86.7 Å². The zero-order valence-electron chi connectivity index (χ0n) is 17.8. The fraction of sp³-hybridized carbons (Fsp3) is 0.435. The van der Waals surface area contributed by atoms with Gasteiger partial charge in [-0.3, -0.25) is 4.79 Å². The molecule has 3 fully saturated rings. The average Bonchev–Trinajstić information content (AvgIpc) is 3.62. The quantitative estimate of drug-likeness (QED) is 0.665. The van der Waals surface area contributed by atoms with Crippen LogP contribution in [0, 0.1) is 23.4 Å². The van der Waals surface area contributed by atoms with E-state index in [0.29, 0.717) is 25.3 Å². The molecule has 2 saturated carbocycles. The predicted octanol–water partition coefficient (Wildman–Crippen LogP) is 2.36. The predicted molar refractivity (Wildman–Crippen MR) is 114 cm³/mol. The lowest BCUT2D eigenvalue weighted by Gasteiger charge is -2.33. The number of hydrogen-bond donors (Lipinski definition) is 2. The van der Waals surface area contributed by atoms with Crippen molar-refractivity contribution in [1.82, 2.24) is 9.62 Å². The normalized spacial score (nSPS) is 27.4. The Morgan fingerprint density at radius 2 is 1.85 bits per heavy atom. The van der Waals surface area contributed by atoms with Crippen molar-refractivity contribution in [3.63, 3.8) is 0 Å². The van der Waals surface area contributed by atoms with Gasteiger partial charge < -0.3 is 10.0 Å². The van der Waals surface area contributed by atoms with Gasteiger partial charge in [-0.2, -0.15) is 0 Å². The van der Waals surface area contributed by atoms with Crippen LogP contribution in [0.25, 0.3) is 11.1 Å². The molecule has 2 N–H and O–H groups in total. The first kappa shape index (κ1) is 22.4. The van der Waals surface area contributed by atoms with Gasteiger partial charge in [0.1, 0.15) is 23.1 Å². The number of aliphatic hydroxyl groups is 1. The van der Waals surface area contributed by atoms with E-state index in [1.54, 1.807) is 6.07 Å². The van der Waals surface area contributed by atoms with E-state index in [0.717, 1.165) is 18.4 Å². The first-order valence-corrected chi connectivity index (χ1v) is 12.6. The highest BCUT2D eigenvalue weighted by atomic mass is 32.2. The van der Waals surface area contributed by atoms with E-state index in [4.69, 9.17) is 0 Å². The van der Waals surface area contributed by atoms with Crippen molar-refractivity contribution < 1.29 is 31.5 Å². The maximum atomic E-state index is 15.5. The van der Waals surface area contributed by atoms with Crippen LogP contribution in [0.2, 0.25) is 0 Å². The van der Waals surface area contributed by atoms with Crippen LogP contribution in [-0.4, -0.2) is 54.3 Å². The summed E-state index contributed by atoms with van der Waals surface area (Å²) < 4.78 is 69.5. The minimum atomic E-state index is -3.61. The van der Waals surface area contributed by atoms with Crippen LogP contribution in [0.4, 0.5) is 13.2 Å². The third-order valence-corrected chi connectivity index (χ3v) is 7.48. The first-order valence-electron chi connectivity index (χ1n) is 10.7. The Balaban J connectivity index is 1.51. The van der Waals surface area contributed by atoms with Crippen molar-refractivity contribution in [2.24, 2.45) is 5.92 Å². The maximum absolute atomic E-state index is 15.5. The van der Waals surface area contributed by atoms with Gasteiger partial charge in [-0.15, -0.1) is 0 Å². The van der Waals surface area contributed by atoms with E-state index < -0.39 is 51.1 Å². The molecule has 1 saturated heterocycles. The van der Waals surface area contributed by atoms with Crippen molar-refractivity contribution in [1.29, 1.82) is 0 Å². The molecule has 0 aromatic heterocycles. The van der Waals surface area contributed by atoms with Crippen molar-refractivity contribution in [2.75, 3.05) is 6.26 Å². The Morgan fingerprint density at radius 3 is 2.45 bits per heavy atom. The zero-order chi connectivity index (χ0) is 23.7. The molecule has 3 aliphatic rings. The van der Waals surface area contributed by atoms with Crippen LogP contribution in [0.3, 0.4) is 0 Å². The van der Waals surface area contributed by atoms with E-state index in [1.807, 2.05) is 0 Å². The molecule has 0 bridgehead atoms. The Morgan fingerprint density at radius 1 is 1.18 bits per heavy atom. The Hall–Kier alpha value is -2.43. The van der Waals surface area contributed by atoms with Crippen molar-refractivity contribution in [2.45, 2.75) is 49.4 Å². The van der Waals surface area contributed by atoms with Gasteiger partial charge in [0.15, 0.2) is 0 Å². The van der Waals surface area contributed by atoms with Crippen molar-refractivity contribution in [3.8, 4) is 11.1 Å². The zero-order valence-corrected chi connectivity index (χ0v) is 18.6. The van der Waals surface area contributed by atoms with Crippen LogP contribution >= 0.6 is 0 Å². The second-order valence-corrected chi connectivity index (χ2v) is 11.1. The highest BCUT2D eigenvalue weighted by Crippen LogP contribution is 2.52. The highest BCUT2D eigenvalue weighted by molar-refractivity contribution is 7.88. The molecular weight excluding hydrogens is 457 g/mol. The van der Waals surface area contributed by atoms with Gasteiger partial charge in [0.05, 0.1) is 12.3 Å². The van der Waals surface area contributed by atoms with Gasteiger partial charge in [0.25, 0.3) is 5.91 Å². The Kier molecular flexibility index (Phi) is 5.11. The second-order valence-electron chi connectivity index (χ2n) is 9.33. The molecule has 2 aromatic carbocycles. The lowest BCUT2D eigenvalue weighted by atomic mass is 9.94. The molecular formula is C23H23F3N2O4S. The summed E-state index contributed by atoms with van der Waals surface area (Å²) in [7, 11) is -3.61. The Labute approximate surface area is 189 Å². The van der Waals surface area contributed by atoms with E-state index in [1.165, 1.54) is 17.0 Å². The summed E-state index contributed by atoms with van der Waals surface area (Å²) in [6.07, 6.45) is 2.30. The number of sulfonamides is 1. The molecule has 0 radical (unpaired) electrons. The molecule has 2 aliphatic carbocycles. The lowest BCUT2D eigenvalue weighted by Crippen LogP contribution is -2.53. The van der Waals surface area contributed by atoms with Crippen molar-refractivity contribution in [3.05, 3.63) is 59.4 Å². The number of piperidine rings is 1. The summed E-state index contributed by atoms with van der Waals surface area (Å²) >= 11 is 0. The van der Waals surface area contributed by atoms with Crippen LogP contribution in [0.5, 0.6) is 0 Å². The number of fused-ring (bicyclic) bond motifs is 1. The number of benzene rings is 2. The number of rotatable bonds is 6. The average molecular weight is 481 g/mol. The SMILES string of the molecule is CS(=O)(=O)N[C@@H]1[C@H]2C[C@H]2N(C(=O)C2(O)CC2)[C@@H]1Cc1cccc(-c2cc(F)cc(F)c2)c1F. The fourth-order valence-electron chi connectivity index (χ4n) is 5.02. The van der Waals surface area contributed by atoms with Crippen molar-refractivity contribution >= 4 is 15.9 Å². The van der Waals surface area contributed by atoms with Crippen LogP contribution in [-0.2, 0) is 21.2 Å². The van der Waals surface area contributed by atoms with Gasteiger partial charge in [-0.25, -0.2) is 26.3 Å². The molecule has 2 aromatic rings. The molecule has 33 heavy (non-hydrogen) atoms. The monoisotopic (exact) mass is 480 g/mol. The number of halogens is 3.